The van der Waals surface area contributed by atoms with E-state index in [1.54, 1.807) is 29.0 Å². The van der Waals surface area contributed by atoms with Crippen LogP contribution >= 0.6 is 0 Å². The van der Waals surface area contributed by atoms with Crippen molar-refractivity contribution >= 4 is 16.9 Å². The van der Waals surface area contributed by atoms with E-state index in [4.69, 9.17) is 9.47 Å². The van der Waals surface area contributed by atoms with Crippen LogP contribution in [-0.4, -0.2) is 58.6 Å². The van der Waals surface area contributed by atoms with Gasteiger partial charge in [-0.15, -0.1) is 0 Å². The molecule has 2 aliphatic heterocycles. The van der Waals surface area contributed by atoms with Crippen LogP contribution in [0.5, 0.6) is 5.75 Å². The zero-order chi connectivity index (χ0) is 16.4. The van der Waals surface area contributed by atoms with Gasteiger partial charge in [-0.2, -0.15) is 0 Å². The van der Waals surface area contributed by atoms with Crippen molar-refractivity contribution in [2.24, 2.45) is 0 Å². The zero-order valence-corrected chi connectivity index (χ0v) is 13.5. The Morgan fingerprint density at radius 3 is 2.96 bits per heavy atom. The van der Waals surface area contributed by atoms with Crippen LogP contribution in [0.25, 0.3) is 0 Å². The van der Waals surface area contributed by atoms with Gasteiger partial charge in [0.15, 0.2) is 5.88 Å². The van der Waals surface area contributed by atoms with Crippen LogP contribution in [0.1, 0.15) is 10.9 Å². The van der Waals surface area contributed by atoms with Crippen LogP contribution in [-0.2, 0) is 15.5 Å². The monoisotopic (exact) mass is 338 g/mol. The normalized spacial score (nSPS) is 23.9. The second-order valence-electron chi connectivity index (χ2n) is 5.23. The predicted molar refractivity (Wildman–Crippen MR) is 84.2 cm³/mol. The molecule has 23 heavy (non-hydrogen) atoms. The van der Waals surface area contributed by atoms with E-state index in [1.165, 1.54) is 5.41 Å². The van der Waals surface area contributed by atoms with Gasteiger partial charge in [0.05, 0.1) is 29.9 Å². The molecule has 124 valence electrons. The molecule has 2 heterocycles. The third-order valence-corrected chi connectivity index (χ3v) is 5.26. The maximum Gasteiger partial charge on any atom is 0.409 e. The maximum atomic E-state index is 12.3. The van der Waals surface area contributed by atoms with E-state index < -0.39 is 16.2 Å². The first-order valence-corrected chi connectivity index (χ1v) is 8.50. The number of hydrogen-bond donors (Lipinski definition) is 1. The van der Waals surface area contributed by atoms with Gasteiger partial charge in [0.2, 0.25) is 0 Å². The van der Waals surface area contributed by atoms with Crippen LogP contribution in [0.15, 0.2) is 35.6 Å². The molecule has 7 nitrogen and oxygen atoms in total. The van der Waals surface area contributed by atoms with E-state index >= 15 is 0 Å². The molecule has 0 bridgehead atoms. The lowest BCUT2D eigenvalue weighted by atomic mass is 10.2. The largest absolute Gasteiger partial charge is 0.497 e. The molecule has 0 aromatic heterocycles. The molecule has 1 fully saturated rings. The Labute approximate surface area is 136 Å². The minimum atomic E-state index is -1.37. The summed E-state index contributed by atoms with van der Waals surface area (Å²) in [4.78, 5) is 14.7. The Hall–Kier alpha value is -2.22. The van der Waals surface area contributed by atoms with Crippen LogP contribution < -0.4 is 4.74 Å². The van der Waals surface area contributed by atoms with Gasteiger partial charge in [-0.05, 0) is 17.7 Å². The number of hydrogen-bond acceptors (Lipinski definition) is 6. The fourth-order valence-corrected chi connectivity index (χ4v) is 4.03. The lowest BCUT2D eigenvalue weighted by molar-refractivity contribution is 0.147. The van der Waals surface area contributed by atoms with Gasteiger partial charge in [0, 0.05) is 13.1 Å². The third kappa shape index (κ3) is 3.12. The molecule has 0 radical (unpaired) electrons. The first-order chi connectivity index (χ1) is 11.1. The lowest BCUT2D eigenvalue weighted by Gasteiger charge is -2.27. The van der Waals surface area contributed by atoms with Crippen molar-refractivity contribution in [3.8, 4) is 5.75 Å². The summed E-state index contributed by atoms with van der Waals surface area (Å²) in [5.74, 6) is 0.623. The van der Waals surface area contributed by atoms with E-state index in [2.05, 4.69) is 0 Å². The number of carbonyl (C=O) groups is 1. The average molecular weight is 338 g/mol. The average Bonchev–Trinajstić information content (AvgIpc) is 3.08. The number of benzene rings is 1. The number of carbonyl (C=O) groups excluding carboxylic acids is 1. The van der Waals surface area contributed by atoms with E-state index in [0.717, 1.165) is 5.56 Å². The Morgan fingerprint density at radius 2 is 2.26 bits per heavy atom. The van der Waals surface area contributed by atoms with Crippen molar-refractivity contribution in [1.29, 1.82) is 0 Å². The molecule has 1 aromatic carbocycles. The van der Waals surface area contributed by atoms with Crippen molar-refractivity contribution in [2.75, 3.05) is 33.4 Å². The zero-order valence-electron chi connectivity index (χ0n) is 12.7. The molecule has 1 aromatic rings. The van der Waals surface area contributed by atoms with Gasteiger partial charge in [0.25, 0.3) is 0 Å². The van der Waals surface area contributed by atoms with E-state index in [1.807, 2.05) is 12.1 Å². The van der Waals surface area contributed by atoms with Crippen molar-refractivity contribution in [3.05, 3.63) is 41.1 Å². The molecular formula is C15H18N2O5S. The second-order valence-corrected chi connectivity index (χ2v) is 6.57. The van der Waals surface area contributed by atoms with Crippen LogP contribution in [0.4, 0.5) is 4.79 Å². The van der Waals surface area contributed by atoms with Gasteiger partial charge >= 0.3 is 6.09 Å². The fourth-order valence-electron chi connectivity index (χ4n) is 2.68. The molecule has 2 aliphatic rings. The highest BCUT2D eigenvalue weighted by Crippen LogP contribution is 2.35. The standard InChI is InChI=1S/C15H18N2O5S/c1-21-12-4-2-3-11(9-12)14-17(13(18)10-23(14)20)6-5-16-7-8-22-15(16)19/h2-4,9-10,14,18H,5-8H2,1H3. The van der Waals surface area contributed by atoms with Gasteiger partial charge < -0.3 is 24.4 Å². The molecule has 8 heteroatoms. The molecule has 0 spiro atoms. The van der Waals surface area contributed by atoms with Crippen molar-refractivity contribution < 1.29 is 23.6 Å². The quantitative estimate of drug-likeness (QED) is 0.878. The number of methoxy groups -OCH3 is 1. The topological polar surface area (TPSA) is 79.3 Å². The summed E-state index contributed by atoms with van der Waals surface area (Å²) in [6.45, 7) is 1.68. The molecular weight excluding hydrogens is 320 g/mol. The summed E-state index contributed by atoms with van der Waals surface area (Å²) < 4.78 is 22.4. The summed E-state index contributed by atoms with van der Waals surface area (Å²) in [6.07, 6.45) is -0.355. The SMILES string of the molecule is COc1cccc(C2N(CCN3CCOC3=O)C(O)=CS2=O)c1. The van der Waals surface area contributed by atoms with Gasteiger partial charge in [-0.25, -0.2) is 4.79 Å². The summed E-state index contributed by atoms with van der Waals surface area (Å²) in [5.41, 5.74) is 0.784. The highest BCUT2D eigenvalue weighted by Gasteiger charge is 2.34. The Kier molecular flexibility index (Phi) is 4.42. The van der Waals surface area contributed by atoms with Gasteiger partial charge in [-0.1, -0.05) is 12.1 Å². The number of nitrogens with zero attached hydrogens (tertiary/aromatic N) is 2. The summed E-state index contributed by atoms with van der Waals surface area (Å²) >= 11 is 0. The number of amides is 1. The van der Waals surface area contributed by atoms with Crippen LogP contribution in [0, 0.1) is 0 Å². The second kappa shape index (κ2) is 6.49. The van der Waals surface area contributed by atoms with Gasteiger partial charge in [-0.3, -0.25) is 4.21 Å². The highest BCUT2D eigenvalue weighted by molar-refractivity contribution is 7.88. The van der Waals surface area contributed by atoms with Crippen molar-refractivity contribution in [2.45, 2.75) is 5.37 Å². The number of aliphatic hydroxyl groups excluding tert-OH is 1. The van der Waals surface area contributed by atoms with Crippen molar-refractivity contribution in [3.63, 3.8) is 0 Å². The number of ether oxygens (including phenoxy) is 2. The predicted octanol–water partition coefficient (Wildman–Crippen LogP) is 1.57. The number of cyclic esters (lactones) is 1. The van der Waals surface area contributed by atoms with Crippen LogP contribution in [0.2, 0.25) is 0 Å². The first-order valence-electron chi connectivity index (χ1n) is 7.22. The summed E-state index contributed by atoms with van der Waals surface area (Å²) in [6, 6.07) is 7.26. The van der Waals surface area contributed by atoms with Crippen molar-refractivity contribution in [1.82, 2.24) is 9.80 Å². The molecule has 0 saturated carbocycles. The van der Waals surface area contributed by atoms with Crippen LogP contribution in [0.3, 0.4) is 0 Å². The molecule has 0 aliphatic carbocycles. The van der Waals surface area contributed by atoms with E-state index in [0.29, 0.717) is 32.0 Å². The summed E-state index contributed by atoms with van der Waals surface area (Å²) in [5, 5.41) is 10.9. The molecule has 3 rings (SSSR count). The Balaban J connectivity index is 1.77. The Morgan fingerprint density at radius 1 is 1.43 bits per heavy atom. The highest BCUT2D eigenvalue weighted by atomic mass is 32.2. The molecule has 1 N–H and O–H groups in total. The fraction of sp³-hybridized carbons (Fsp3) is 0.400. The molecule has 1 saturated heterocycles. The van der Waals surface area contributed by atoms with E-state index in [-0.39, 0.29) is 12.0 Å². The third-order valence-electron chi connectivity index (χ3n) is 3.85. The summed E-state index contributed by atoms with van der Waals surface area (Å²) in [7, 11) is 0.197. The minimum Gasteiger partial charge on any atom is -0.497 e. The molecule has 1 amide bonds. The van der Waals surface area contributed by atoms with Gasteiger partial charge in [0.1, 0.15) is 17.7 Å². The number of rotatable bonds is 5. The molecule has 2 atom stereocenters. The lowest BCUT2D eigenvalue weighted by Crippen LogP contribution is -2.36. The number of aliphatic hydroxyl groups is 1. The Bertz CT molecular complexity index is 663. The first kappa shape index (κ1) is 15.7. The molecule has 2 unspecified atom stereocenters. The smallest absolute Gasteiger partial charge is 0.409 e. The minimum absolute atomic E-state index is 0.0382. The maximum absolute atomic E-state index is 12.3. The van der Waals surface area contributed by atoms with E-state index in [9.17, 15) is 14.1 Å².